The van der Waals surface area contributed by atoms with Gasteiger partial charge in [-0.2, -0.15) is 0 Å². The van der Waals surface area contributed by atoms with Crippen molar-refractivity contribution < 1.29 is 19.0 Å². The fourth-order valence-electron chi connectivity index (χ4n) is 4.08. The molecule has 1 unspecified atom stereocenters. The molecule has 2 aromatic rings. The number of aliphatic hydroxyl groups is 1. The average molecular weight is 434 g/mol. The molecule has 0 fully saturated rings. The first-order chi connectivity index (χ1) is 14.2. The van der Waals surface area contributed by atoms with Gasteiger partial charge in [0.25, 0.3) is 0 Å². The molecule has 1 heterocycles. The lowest BCUT2D eigenvalue weighted by Gasteiger charge is -2.26. The van der Waals surface area contributed by atoms with E-state index < -0.39 is 11.4 Å². The van der Waals surface area contributed by atoms with Gasteiger partial charge in [-0.25, -0.2) is 4.39 Å². The van der Waals surface area contributed by atoms with E-state index in [0.717, 1.165) is 28.9 Å². The molecule has 1 atom stereocenters. The zero-order valence-electron chi connectivity index (χ0n) is 17.8. The number of benzene rings is 2. The Hall–Kier alpha value is -2.11. The molecule has 1 aliphatic heterocycles. The summed E-state index contributed by atoms with van der Waals surface area (Å²) >= 11 is 5.78. The second kappa shape index (κ2) is 9.36. The van der Waals surface area contributed by atoms with E-state index in [-0.39, 0.29) is 23.6 Å². The molecule has 1 aliphatic rings. The van der Waals surface area contributed by atoms with Crippen LogP contribution in [0.3, 0.4) is 0 Å². The molecular formula is C24H29ClFNO3. The van der Waals surface area contributed by atoms with Crippen LogP contribution in [0.4, 0.5) is 4.39 Å². The molecule has 6 heteroatoms. The molecule has 0 aliphatic carbocycles. The van der Waals surface area contributed by atoms with Gasteiger partial charge in [0.1, 0.15) is 17.2 Å². The lowest BCUT2D eigenvalue weighted by atomic mass is 9.91. The molecule has 0 saturated carbocycles. The summed E-state index contributed by atoms with van der Waals surface area (Å²) in [5, 5.41) is 9.29. The molecule has 0 saturated heterocycles. The van der Waals surface area contributed by atoms with Crippen LogP contribution in [-0.4, -0.2) is 40.7 Å². The van der Waals surface area contributed by atoms with E-state index in [1.165, 1.54) is 6.07 Å². The number of halogens is 2. The molecule has 30 heavy (non-hydrogen) atoms. The van der Waals surface area contributed by atoms with Crippen LogP contribution in [0.5, 0.6) is 5.75 Å². The maximum absolute atomic E-state index is 13.8. The number of rotatable bonds is 8. The summed E-state index contributed by atoms with van der Waals surface area (Å²) < 4.78 is 20.0. The summed E-state index contributed by atoms with van der Waals surface area (Å²) in [7, 11) is 0. The number of amides is 1. The lowest BCUT2D eigenvalue weighted by Crippen LogP contribution is -2.39. The Labute approximate surface area is 182 Å². The predicted octanol–water partition coefficient (Wildman–Crippen LogP) is 4.58. The third-order valence-corrected chi connectivity index (χ3v) is 5.83. The quantitative estimate of drug-likeness (QED) is 0.663. The van der Waals surface area contributed by atoms with Crippen molar-refractivity contribution >= 4 is 17.5 Å². The van der Waals surface area contributed by atoms with Crippen LogP contribution in [0.2, 0.25) is 5.02 Å². The maximum atomic E-state index is 13.8. The molecule has 2 aromatic carbocycles. The fraction of sp³-hybridized carbons (Fsp3) is 0.458. The molecule has 4 nitrogen and oxygen atoms in total. The monoisotopic (exact) mass is 433 g/mol. The number of fused-ring (bicyclic) bond motifs is 1. The number of carbonyl (C=O) groups excluding carboxylic acids is 1. The summed E-state index contributed by atoms with van der Waals surface area (Å²) in [5.74, 6) is 0.466. The van der Waals surface area contributed by atoms with Gasteiger partial charge in [0.15, 0.2) is 0 Å². The minimum atomic E-state index is -0.452. The van der Waals surface area contributed by atoms with Gasteiger partial charge in [-0.1, -0.05) is 29.8 Å². The van der Waals surface area contributed by atoms with Crippen molar-refractivity contribution in [3.8, 4) is 5.75 Å². The maximum Gasteiger partial charge on any atom is 0.223 e. The molecule has 1 N–H and O–H groups in total. The van der Waals surface area contributed by atoms with Gasteiger partial charge in [-0.15, -0.1) is 0 Å². The van der Waals surface area contributed by atoms with Crippen molar-refractivity contribution in [2.75, 3.05) is 13.2 Å². The van der Waals surface area contributed by atoms with Gasteiger partial charge in [0, 0.05) is 31.8 Å². The van der Waals surface area contributed by atoms with Crippen molar-refractivity contribution in [3.05, 3.63) is 63.9 Å². The minimum Gasteiger partial charge on any atom is -0.487 e. The van der Waals surface area contributed by atoms with Crippen molar-refractivity contribution in [2.45, 2.75) is 58.1 Å². The first-order valence-electron chi connectivity index (χ1n) is 10.4. The number of nitrogens with zero attached hydrogens (tertiary/aromatic N) is 1. The van der Waals surface area contributed by atoms with Crippen LogP contribution in [0, 0.1) is 5.82 Å². The summed E-state index contributed by atoms with van der Waals surface area (Å²) in [6.45, 7) is 6.26. The third-order valence-electron chi connectivity index (χ3n) is 5.52. The van der Waals surface area contributed by atoms with Gasteiger partial charge in [0.05, 0.1) is 11.6 Å². The minimum absolute atomic E-state index is 0.0315. The van der Waals surface area contributed by atoms with Gasteiger partial charge in [-0.3, -0.25) is 4.79 Å². The number of hydrogen-bond acceptors (Lipinski definition) is 3. The summed E-state index contributed by atoms with van der Waals surface area (Å²) in [6, 6.07) is 11.0. The van der Waals surface area contributed by atoms with E-state index >= 15 is 0 Å². The van der Waals surface area contributed by atoms with Gasteiger partial charge < -0.3 is 14.7 Å². The molecule has 0 spiro atoms. The highest BCUT2D eigenvalue weighted by molar-refractivity contribution is 6.30. The number of carbonyl (C=O) groups is 1. The number of aliphatic hydroxyl groups excluding tert-OH is 1. The molecule has 1 amide bonds. The summed E-state index contributed by atoms with van der Waals surface area (Å²) in [4.78, 5) is 14.2. The van der Waals surface area contributed by atoms with Crippen molar-refractivity contribution in [1.29, 1.82) is 0 Å². The fourth-order valence-corrected chi connectivity index (χ4v) is 4.20. The van der Waals surface area contributed by atoms with Gasteiger partial charge >= 0.3 is 0 Å². The second-order valence-electron chi connectivity index (χ2n) is 8.50. The Kier molecular flexibility index (Phi) is 7.04. The van der Waals surface area contributed by atoms with Crippen LogP contribution in [0.15, 0.2) is 36.4 Å². The Morgan fingerprint density at radius 2 is 2.00 bits per heavy atom. The predicted molar refractivity (Wildman–Crippen MR) is 117 cm³/mol. The first-order valence-corrected chi connectivity index (χ1v) is 10.7. The lowest BCUT2D eigenvalue weighted by molar-refractivity contribution is -0.133. The van der Waals surface area contributed by atoms with Crippen molar-refractivity contribution in [2.24, 2.45) is 0 Å². The van der Waals surface area contributed by atoms with Gasteiger partial charge in [-0.05, 0) is 62.1 Å². The van der Waals surface area contributed by atoms with Crippen molar-refractivity contribution in [3.63, 3.8) is 0 Å². The SMILES string of the molecule is CC(C)N(CCO)C(=O)CCc1ccc2c(c1)CC(C)(Cc1ccc(Cl)c(F)c1)O2. The zero-order chi connectivity index (χ0) is 21.9. The summed E-state index contributed by atoms with van der Waals surface area (Å²) in [6.07, 6.45) is 2.34. The van der Waals surface area contributed by atoms with Crippen LogP contribution in [0.1, 0.15) is 43.9 Å². The number of aryl methyl sites for hydroxylation is 1. The first kappa shape index (κ1) is 22.6. The largest absolute Gasteiger partial charge is 0.487 e. The van der Waals surface area contributed by atoms with Crippen LogP contribution in [-0.2, 0) is 24.1 Å². The van der Waals surface area contributed by atoms with E-state index in [1.807, 2.05) is 39.0 Å². The van der Waals surface area contributed by atoms with Crippen LogP contribution < -0.4 is 4.74 Å². The van der Waals surface area contributed by atoms with Crippen LogP contribution >= 0.6 is 11.6 Å². The Bertz CT molecular complexity index is 917. The topological polar surface area (TPSA) is 49.8 Å². The average Bonchev–Trinajstić information content (AvgIpc) is 3.01. The standard InChI is InChI=1S/C24H29ClFNO3/c1-16(2)27(10-11-28)23(29)9-6-17-5-8-22-19(12-17)15-24(3,30-22)14-18-4-7-20(25)21(26)13-18/h4-5,7-8,12-13,16,28H,6,9-11,14-15H2,1-3H3. The van der Waals surface area contributed by atoms with Gasteiger partial charge in [0.2, 0.25) is 5.91 Å². The van der Waals surface area contributed by atoms with Crippen LogP contribution in [0.25, 0.3) is 0 Å². The van der Waals surface area contributed by atoms with E-state index in [2.05, 4.69) is 6.07 Å². The molecule has 0 radical (unpaired) electrons. The highest BCUT2D eigenvalue weighted by Crippen LogP contribution is 2.38. The summed E-state index contributed by atoms with van der Waals surface area (Å²) in [5.41, 5.74) is 2.58. The normalized spacial score (nSPS) is 17.7. The van der Waals surface area contributed by atoms with E-state index in [1.54, 1.807) is 11.0 Å². The number of ether oxygens (including phenoxy) is 1. The molecule has 3 rings (SSSR count). The Morgan fingerprint density at radius 1 is 1.27 bits per heavy atom. The van der Waals surface area contributed by atoms with E-state index in [9.17, 15) is 14.3 Å². The smallest absolute Gasteiger partial charge is 0.223 e. The molecule has 162 valence electrons. The number of hydrogen-bond donors (Lipinski definition) is 1. The Morgan fingerprint density at radius 3 is 2.67 bits per heavy atom. The second-order valence-corrected chi connectivity index (χ2v) is 8.91. The third kappa shape index (κ3) is 5.32. The highest BCUT2D eigenvalue weighted by atomic mass is 35.5. The molecule has 0 aromatic heterocycles. The molecule has 0 bridgehead atoms. The van der Waals surface area contributed by atoms with E-state index in [0.29, 0.717) is 25.8 Å². The van der Waals surface area contributed by atoms with Crippen molar-refractivity contribution in [1.82, 2.24) is 4.90 Å². The zero-order valence-corrected chi connectivity index (χ0v) is 18.5. The molecular weight excluding hydrogens is 405 g/mol. The highest BCUT2D eigenvalue weighted by Gasteiger charge is 2.35. The Balaban J connectivity index is 1.64. The van der Waals surface area contributed by atoms with E-state index in [4.69, 9.17) is 16.3 Å².